The van der Waals surface area contributed by atoms with Gasteiger partial charge in [-0.3, -0.25) is 4.79 Å². The minimum absolute atomic E-state index is 0.139. The van der Waals surface area contributed by atoms with Crippen LogP contribution in [0.3, 0.4) is 0 Å². The molecule has 0 radical (unpaired) electrons. The van der Waals surface area contributed by atoms with Gasteiger partial charge in [0.05, 0.1) is 5.56 Å². The number of hydrogen-bond donors (Lipinski definition) is 1. The van der Waals surface area contributed by atoms with Crippen LogP contribution in [0.15, 0.2) is 18.2 Å². The number of hydrogen-bond acceptors (Lipinski definition) is 2. The minimum Gasteiger partial charge on any atom is -0.381 e. The molecule has 0 spiro atoms. The largest absolute Gasteiger partial charge is 0.381 e. The summed E-state index contributed by atoms with van der Waals surface area (Å²) in [4.78, 5) is 11.6. The molecule has 1 aromatic rings. The monoisotopic (exact) mass is 269 g/mol. The number of ether oxygens (including phenoxy) is 1. The molecule has 1 amide bonds. The van der Waals surface area contributed by atoms with Crippen molar-refractivity contribution in [1.29, 1.82) is 0 Å². The van der Waals surface area contributed by atoms with Gasteiger partial charge in [0.25, 0.3) is 5.91 Å². The second kappa shape index (κ2) is 6.61. The summed E-state index contributed by atoms with van der Waals surface area (Å²) in [6.45, 7) is 1.80. The number of benzene rings is 1. The highest BCUT2D eigenvalue weighted by atomic mass is 19.1. The second-order valence-electron chi connectivity index (χ2n) is 4.75. The molecule has 1 aliphatic carbocycles. The molecule has 1 saturated carbocycles. The molecule has 0 saturated heterocycles. The maximum absolute atomic E-state index is 13.3. The van der Waals surface area contributed by atoms with Crippen LogP contribution in [0.2, 0.25) is 0 Å². The Bertz CT molecular complexity index is 447. The Morgan fingerprint density at radius 2 is 2.16 bits per heavy atom. The van der Waals surface area contributed by atoms with Gasteiger partial charge in [0.2, 0.25) is 0 Å². The molecule has 0 heterocycles. The predicted molar refractivity (Wildman–Crippen MR) is 66.9 cm³/mol. The van der Waals surface area contributed by atoms with Crippen LogP contribution in [-0.2, 0) is 4.74 Å². The van der Waals surface area contributed by atoms with E-state index < -0.39 is 17.5 Å². The fraction of sp³-hybridized carbons (Fsp3) is 0.500. The van der Waals surface area contributed by atoms with E-state index in [-0.39, 0.29) is 5.56 Å². The van der Waals surface area contributed by atoms with Gasteiger partial charge in [-0.05, 0) is 37.3 Å². The third kappa shape index (κ3) is 4.59. The van der Waals surface area contributed by atoms with Gasteiger partial charge >= 0.3 is 0 Å². The molecule has 0 bridgehead atoms. The van der Waals surface area contributed by atoms with E-state index in [0.717, 1.165) is 24.7 Å². The summed E-state index contributed by atoms with van der Waals surface area (Å²) >= 11 is 0. The number of amides is 1. The Morgan fingerprint density at radius 3 is 2.84 bits per heavy atom. The summed E-state index contributed by atoms with van der Waals surface area (Å²) in [5.74, 6) is -1.34. The number of carbonyl (C=O) groups is 1. The van der Waals surface area contributed by atoms with Crippen molar-refractivity contribution < 1.29 is 18.3 Å². The topological polar surface area (TPSA) is 38.3 Å². The Balaban J connectivity index is 1.65. The van der Waals surface area contributed by atoms with Crippen molar-refractivity contribution in [2.24, 2.45) is 5.92 Å². The number of nitrogens with one attached hydrogen (secondary N) is 1. The molecule has 19 heavy (non-hydrogen) atoms. The number of halogens is 2. The summed E-state index contributed by atoms with van der Waals surface area (Å²) in [6.07, 6.45) is 3.18. The fourth-order valence-corrected chi connectivity index (χ4v) is 1.68. The van der Waals surface area contributed by atoms with Crippen molar-refractivity contribution in [1.82, 2.24) is 5.32 Å². The van der Waals surface area contributed by atoms with Gasteiger partial charge in [0, 0.05) is 25.8 Å². The van der Waals surface area contributed by atoms with E-state index in [9.17, 15) is 13.6 Å². The molecular weight excluding hydrogens is 252 g/mol. The Hall–Kier alpha value is -1.49. The molecule has 1 N–H and O–H groups in total. The van der Waals surface area contributed by atoms with Crippen LogP contribution in [0, 0.1) is 17.6 Å². The Kier molecular flexibility index (Phi) is 4.85. The highest BCUT2D eigenvalue weighted by molar-refractivity contribution is 5.94. The lowest BCUT2D eigenvalue weighted by molar-refractivity contribution is 0.0933. The normalized spacial score (nSPS) is 14.4. The van der Waals surface area contributed by atoms with Crippen molar-refractivity contribution in [3.8, 4) is 0 Å². The molecule has 1 fully saturated rings. The Labute approximate surface area is 111 Å². The average molecular weight is 269 g/mol. The highest BCUT2D eigenvalue weighted by Gasteiger charge is 2.20. The zero-order valence-corrected chi connectivity index (χ0v) is 10.6. The molecule has 5 heteroatoms. The molecule has 3 nitrogen and oxygen atoms in total. The summed E-state index contributed by atoms with van der Waals surface area (Å²) in [5, 5.41) is 2.58. The smallest absolute Gasteiger partial charge is 0.254 e. The molecule has 0 aromatic heterocycles. The first-order valence-electron chi connectivity index (χ1n) is 6.48. The lowest BCUT2D eigenvalue weighted by Gasteiger charge is -2.06. The van der Waals surface area contributed by atoms with Gasteiger partial charge < -0.3 is 10.1 Å². The fourth-order valence-electron chi connectivity index (χ4n) is 1.68. The van der Waals surface area contributed by atoms with E-state index in [1.807, 2.05) is 0 Å². The van der Waals surface area contributed by atoms with E-state index in [1.165, 1.54) is 12.8 Å². The molecule has 1 aliphatic rings. The Morgan fingerprint density at radius 1 is 1.37 bits per heavy atom. The van der Waals surface area contributed by atoms with Crippen molar-refractivity contribution in [3.05, 3.63) is 35.4 Å². The summed E-state index contributed by atoms with van der Waals surface area (Å²) in [5.41, 5.74) is -0.139. The van der Waals surface area contributed by atoms with E-state index >= 15 is 0 Å². The van der Waals surface area contributed by atoms with Crippen molar-refractivity contribution in [3.63, 3.8) is 0 Å². The molecular formula is C14H17F2NO2. The molecule has 104 valence electrons. The first kappa shape index (κ1) is 13.9. The van der Waals surface area contributed by atoms with Crippen LogP contribution in [-0.4, -0.2) is 25.7 Å². The molecule has 1 aromatic carbocycles. The third-order valence-corrected chi connectivity index (χ3v) is 2.98. The highest BCUT2D eigenvalue weighted by Crippen LogP contribution is 2.28. The predicted octanol–water partition coefficient (Wildman–Crippen LogP) is 2.51. The van der Waals surface area contributed by atoms with Crippen molar-refractivity contribution in [2.45, 2.75) is 19.3 Å². The van der Waals surface area contributed by atoms with Gasteiger partial charge in [-0.15, -0.1) is 0 Å². The maximum Gasteiger partial charge on any atom is 0.254 e. The van der Waals surface area contributed by atoms with Gasteiger partial charge in [0.1, 0.15) is 11.6 Å². The zero-order chi connectivity index (χ0) is 13.7. The number of carbonyl (C=O) groups excluding carboxylic acids is 1. The van der Waals surface area contributed by atoms with Gasteiger partial charge in [-0.25, -0.2) is 8.78 Å². The van der Waals surface area contributed by atoms with Crippen LogP contribution in [0.25, 0.3) is 0 Å². The van der Waals surface area contributed by atoms with Crippen LogP contribution < -0.4 is 5.32 Å². The lowest BCUT2D eigenvalue weighted by atomic mass is 10.2. The summed E-state index contributed by atoms with van der Waals surface area (Å²) in [7, 11) is 0. The zero-order valence-electron chi connectivity index (χ0n) is 10.6. The maximum atomic E-state index is 13.3. The van der Waals surface area contributed by atoms with E-state index in [0.29, 0.717) is 25.6 Å². The lowest BCUT2D eigenvalue weighted by Crippen LogP contribution is -2.26. The van der Waals surface area contributed by atoms with Gasteiger partial charge in [0.15, 0.2) is 0 Å². The molecule has 0 unspecified atom stereocenters. The van der Waals surface area contributed by atoms with Crippen LogP contribution in [0.5, 0.6) is 0 Å². The molecule has 0 atom stereocenters. The van der Waals surface area contributed by atoms with Crippen molar-refractivity contribution >= 4 is 5.91 Å². The first-order valence-corrected chi connectivity index (χ1v) is 6.48. The standard InChI is InChI=1S/C14H17F2NO2/c15-11-4-5-12(13(16)8-11)14(18)17-6-1-7-19-9-10-2-3-10/h4-5,8,10H,1-3,6-7,9H2,(H,17,18). The summed E-state index contributed by atoms with van der Waals surface area (Å²) < 4.78 is 31.4. The van der Waals surface area contributed by atoms with Crippen LogP contribution >= 0.6 is 0 Å². The van der Waals surface area contributed by atoms with Crippen LogP contribution in [0.1, 0.15) is 29.6 Å². The van der Waals surface area contributed by atoms with Crippen molar-refractivity contribution in [2.75, 3.05) is 19.8 Å². The van der Waals surface area contributed by atoms with E-state index in [4.69, 9.17) is 4.74 Å². The number of rotatable bonds is 7. The van der Waals surface area contributed by atoms with Crippen LogP contribution in [0.4, 0.5) is 8.78 Å². The third-order valence-electron chi connectivity index (χ3n) is 2.98. The minimum atomic E-state index is -0.845. The molecule has 0 aliphatic heterocycles. The van der Waals surface area contributed by atoms with Gasteiger partial charge in [-0.1, -0.05) is 0 Å². The second-order valence-corrected chi connectivity index (χ2v) is 4.75. The van der Waals surface area contributed by atoms with E-state index in [2.05, 4.69) is 5.32 Å². The quantitative estimate of drug-likeness (QED) is 0.772. The summed E-state index contributed by atoms with van der Waals surface area (Å²) in [6, 6.07) is 2.91. The average Bonchev–Trinajstić information content (AvgIpc) is 3.17. The van der Waals surface area contributed by atoms with Gasteiger partial charge in [-0.2, -0.15) is 0 Å². The van der Waals surface area contributed by atoms with E-state index in [1.54, 1.807) is 0 Å². The SMILES string of the molecule is O=C(NCCCOCC1CC1)c1ccc(F)cc1F. The molecule has 2 rings (SSSR count). The first-order chi connectivity index (χ1) is 9.16.